The average molecular weight is 480 g/mol. The third kappa shape index (κ3) is 4.27. The van der Waals surface area contributed by atoms with Gasteiger partial charge in [0.2, 0.25) is 0 Å². The van der Waals surface area contributed by atoms with Crippen LogP contribution in [-0.2, 0) is 6.98 Å². The van der Waals surface area contributed by atoms with E-state index < -0.39 is 6.98 Å². The number of hydrogen-bond donors (Lipinski definition) is 1. The van der Waals surface area contributed by atoms with Gasteiger partial charge in [-0.25, -0.2) is 9.97 Å². The average Bonchev–Trinajstić information content (AvgIpc) is 3.48. The summed E-state index contributed by atoms with van der Waals surface area (Å²) in [6.45, 7) is -0.132. The third-order valence-corrected chi connectivity index (χ3v) is 7.80. The van der Waals surface area contributed by atoms with E-state index in [-0.39, 0.29) is 18.2 Å². The minimum atomic E-state index is -2.33. The standard InChI is InChI=1S/C21H24N6OS2.ClH/c1-25-8-6-15(7-9-25)27(3)21-24-20-19(30-21)23-18(29-20)16-5-4-13(10-17(16)28)14-11-22-26(2)12-14;/h4-5,10-12,15,28H,6-9H2,1-3H3;1H/i2D3;. The Bertz CT molecular complexity index is 1260. The molecule has 1 aromatic carbocycles. The Hall–Kier alpha value is -2.20. The third-order valence-electron chi connectivity index (χ3n) is 5.65. The van der Waals surface area contributed by atoms with E-state index in [1.807, 2.05) is 6.07 Å². The molecule has 0 atom stereocenters. The molecule has 0 unspecified atom stereocenters. The number of likely N-dealkylation sites (tertiary alicyclic amines) is 1. The van der Waals surface area contributed by atoms with Crippen molar-refractivity contribution in [3.8, 4) is 27.4 Å². The highest BCUT2D eigenvalue weighted by molar-refractivity contribution is 7.29. The lowest BCUT2D eigenvalue weighted by Crippen LogP contribution is -2.41. The normalized spacial score (nSPS) is 17.2. The number of phenols is 1. The molecule has 31 heavy (non-hydrogen) atoms. The van der Waals surface area contributed by atoms with Crippen LogP contribution in [0.5, 0.6) is 5.75 Å². The smallest absolute Gasteiger partial charge is 0.188 e. The van der Waals surface area contributed by atoms with Crippen LogP contribution in [0.2, 0.25) is 0 Å². The van der Waals surface area contributed by atoms with Gasteiger partial charge in [-0.1, -0.05) is 28.7 Å². The molecule has 0 saturated carbocycles. The van der Waals surface area contributed by atoms with E-state index in [2.05, 4.69) is 29.0 Å². The van der Waals surface area contributed by atoms with Gasteiger partial charge in [-0.3, -0.25) is 4.68 Å². The molecule has 3 aromatic heterocycles. The van der Waals surface area contributed by atoms with Crippen molar-refractivity contribution in [2.75, 3.05) is 32.1 Å². The van der Waals surface area contributed by atoms with Crippen molar-refractivity contribution >= 4 is 49.9 Å². The Morgan fingerprint density at radius 2 is 1.94 bits per heavy atom. The van der Waals surface area contributed by atoms with Crippen LogP contribution >= 0.6 is 35.1 Å². The fourth-order valence-corrected chi connectivity index (χ4v) is 5.91. The van der Waals surface area contributed by atoms with Crippen LogP contribution in [0.4, 0.5) is 5.13 Å². The van der Waals surface area contributed by atoms with E-state index in [0.29, 0.717) is 27.7 Å². The second-order valence-corrected chi connectivity index (χ2v) is 9.61. The van der Waals surface area contributed by atoms with Crippen molar-refractivity contribution in [1.82, 2.24) is 24.6 Å². The van der Waals surface area contributed by atoms with E-state index in [9.17, 15) is 5.11 Å². The van der Waals surface area contributed by atoms with Crippen LogP contribution in [0.3, 0.4) is 0 Å². The Morgan fingerprint density at radius 3 is 2.61 bits per heavy atom. The molecule has 0 amide bonds. The number of fused-ring (bicyclic) bond motifs is 1. The monoisotopic (exact) mass is 479 g/mol. The Kier molecular flexibility index (Phi) is 5.18. The largest absolute Gasteiger partial charge is 0.507 e. The first-order chi connectivity index (χ1) is 15.7. The molecule has 10 heteroatoms. The van der Waals surface area contributed by atoms with Crippen LogP contribution < -0.4 is 4.90 Å². The number of aryl methyl sites for hydroxylation is 1. The van der Waals surface area contributed by atoms with Crippen molar-refractivity contribution in [3.05, 3.63) is 30.6 Å². The van der Waals surface area contributed by atoms with Crippen molar-refractivity contribution in [1.29, 1.82) is 0 Å². The van der Waals surface area contributed by atoms with E-state index in [1.165, 1.54) is 23.7 Å². The van der Waals surface area contributed by atoms with Crippen LogP contribution in [0.1, 0.15) is 17.0 Å². The Labute approximate surface area is 199 Å². The minimum Gasteiger partial charge on any atom is -0.507 e. The molecule has 5 rings (SSSR count). The van der Waals surface area contributed by atoms with Gasteiger partial charge >= 0.3 is 0 Å². The van der Waals surface area contributed by atoms with E-state index in [0.717, 1.165) is 45.4 Å². The summed E-state index contributed by atoms with van der Waals surface area (Å²) in [5.74, 6) is 0.0826. The summed E-state index contributed by atoms with van der Waals surface area (Å²) in [6, 6.07) is 5.73. The van der Waals surface area contributed by atoms with Crippen LogP contribution in [0.15, 0.2) is 30.6 Å². The number of phenolic OH excluding ortho intramolecular Hbond substituents is 1. The molecule has 0 radical (unpaired) electrons. The number of aromatic hydroxyl groups is 1. The molecule has 1 fully saturated rings. The maximum absolute atomic E-state index is 10.7. The molecule has 1 aliphatic heterocycles. The summed E-state index contributed by atoms with van der Waals surface area (Å²) in [4.78, 5) is 15.9. The van der Waals surface area contributed by atoms with E-state index in [4.69, 9.17) is 14.1 Å². The molecular weight excluding hydrogens is 452 g/mol. The maximum Gasteiger partial charge on any atom is 0.188 e. The topological polar surface area (TPSA) is 70.3 Å². The second kappa shape index (κ2) is 8.74. The fourth-order valence-electron chi connectivity index (χ4n) is 3.80. The first-order valence-electron chi connectivity index (χ1n) is 11.3. The fraction of sp³-hybridized carbons (Fsp3) is 0.381. The summed E-state index contributed by atoms with van der Waals surface area (Å²) in [5, 5.41) is 16.3. The molecular formula is C21H25ClN6OS2. The van der Waals surface area contributed by atoms with Gasteiger partial charge in [0.15, 0.2) is 14.8 Å². The quantitative estimate of drug-likeness (QED) is 0.465. The van der Waals surface area contributed by atoms with Gasteiger partial charge in [0.1, 0.15) is 10.8 Å². The van der Waals surface area contributed by atoms with Gasteiger partial charge in [-0.2, -0.15) is 5.10 Å². The Balaban J connectivity index is 0.00000274. The van der Waals surface area contributed by atoms with Gasteiger partial charge in [0, 0.05) is 35.9 Å². The molecule has 1 aliphatic rings. The number of nitrogens with zero attached hydrogens (tertiary/aromatic N) is 6. The zero-order valence-electron chi connectivity index (χ0n) is 20.1. The predicted octanol–water partition coefficient (Wildman–Crippen LogP) is 4.48. The number of piperidine rings is 1. The van der Waals surface area contributed by atoms with Gasteiger partial charge in [-0.15, -0.1) is 12.4 Å². The van der Waals surface area contributed by atoms with Crippen molar-refractivity contribution in [3.63, 3.8) is 0 Å². The first kappa shape index (κ1) is 18.4. The summed E-state index contributed by atoms with van der Waals surface area (Å²) in [7, 11) is 4.27. The number of halogens is 1. The van der Waals surface area contributed by atoms with Crippen LogP contribution in [-0.4, -0.2) is 63.0 Å². The molecule has 0 spiro atoms. The number of benzene rings is 1. The summed E-state index contributed by atoms with van der Waals surface area (Å²) in [6.07, 6.45) is 5.19. The maximum atomic E-state index is 10.7. The van der Waals surface area contributed by atoms with Crippen molar-refractivity contribution in [2.24, 2.45) is 6.98 Å². The highest BCUT2D eigenvalue weighted by Gasteiger charge is 2.24. The van der Waals surface area contributed by atoms with Gasteiger partial charge in [-0.05, 0) is 50.7 Å². The molecule has 7 nitrogen and oxygen atoms in total. The number of thiazole rings is 2. The molecule has 164 valence electrons. The number of anilines is 1. The van der Waals surface area contributed by atoms with Crippen molar-refractivity contribution < 1.29 is 9.22 Å². The van der Waals surface area contributed by atoms with Crippen LogP contribution in [0.25, 0.3) is 31.4 Å². The van der Waals surface area contributed by atoms with Gasteiger partial charge in [0.25, 0.3) is 0 Å². The molecule has 0 aliphatic carbocycles. The van der Waals surface area contributed by atoms with Crippen LogP contribution in [0, 0.1) is 0 Å². The summed E-state index contributed by atoms with van der Waals surface area (Å²) in [5.41, 5.74) is 1.93. The lowest BCUT2D eigenvalue weighted by molar-refractivity contribution is 0.253. The lowest BCUT2D eigenvalue weighted by atomic mass is 10.0. The minimum absolute atomic E-state index is 0. The highest BCUT2D eigenvalue weighted by Crippen LogP contribution is 2.40. The number of rotatable bonds is 4. The molecule has 1 N–H and O–H groups in total. The second-order valence-electron chi connectivity index (χ2n) is 7.68. The predicted molar refractivity (Wildman–Crippen MR) is 131 cm³/mol. The number of hydrogen-bond acceptors (Lipinski definition) is 8. The summed E-state index contributed by atoms with van der Waals surface area (Å²) < 4.78 is 23.3. The Morgan fingerprint density at radius 1 is 1.16 bits per heavy atom. The zero-order chi connectivity index (χ0) is 23.3. The molecule has 4 aromatic rings. The van der Waals surface area contributed by atoms with Gasteiger partial charge in [0.05, 0.1) is 11.8 Å². The number of aromatic nitrogens is 4. The lowest BCUT2D eigenvalue weighted by Gasteiger charge is -2.34. The molecule has 1 saturated heterocycles. The molecule has 4 heterocycles. The molecule has 0 bridgehead atoms. The van der Waals surface area contributed by atoms with Crippen molar-refractivity contribution in [2.45, 2.75) is 18.9 Å². The zero-order valence-corrected chi connectivity index (χ0v) is 19.6. The summed E-state index contributed by atoms with van der Waals surface area (Å²) >= 11 is 3.04. The SMILES string of the molecule is Cl.[2H]C([2H])([2H])n1cc(-c2ccc(-c3nc4sc(N(C)C5CCN(C)CC5)nc4s3)c(O)c2)cn1. The van der Waals surface area contributed by atoms with Gasteiger partial charge < -0.3 is 14.9 Å². The first-order valence-corrected chi connectivity index (χ1v) is 11.4. The van der Waals surface area contributed by atoms with E-state index in [1.54, 1.807) is 23.5 Å². The van der Waals surface area contributed by atoms with E-state index >= 15 is 0 Å². The highest BCUT2D eigenvalue weighted by atomic mass is 35.5.